The molecule has 0 aliphatic rings. The fourth-order valence-corrected chi connectivity index (χ4v) is 1.59. The van der Waals surface area contributed by atoms with Crippen LogP contribution in [0.1, 0.15) is 18.6 Å². The van der Waals surface area contributed by atoms with Crippen molar-refractivity contribution in [3.05, 3.63) is 59.7 Å². The van der Waals surface area contributed by atoms with Crippen LogP contribution in [0.25, 0.3) is 0 Å². The summed E-state index contributed by atoms with van der Waals surface area (Å²) in [7, 11) is 0. The van der Waals surface area contributed by atoms with Gasteiger partial charge in [-0.25, -0.2) is 0 Å². The predicted octanol–water partition coefficient (Wildman–Crippen LogP) is 6.88. The van der Waals surface area contributed by atoms with Crippen molar-refractivity contribution in [1.82, 2.24) is 0 Å². The van der Waals surface area contributed by atoms with Crippen molar-refractivity contribution >= 4 is 47.8 Å². The van der Waals surface area contributed by atoms with Gasteiger partial charge in [0.05, 0.1) is 6.61 Å². The summed E-state index contributed by atoms with van der Waals surface area (Å²) in [5, 5.41) is 11.9. The Labute approximate surface area is 172 Å². The Kier molecular flexibility index (Phi) is 18.5. The van der Waals surface area contributed by atoms with Gasteiger partial charge in [0, 0.05) is 16.0 Å². The lowest BCUT2D eigenvalue weighted by molar-refractivity contribution is 0.342. The fourth-order valence-electron chi connectivity index (χ4n) is 1.43. The number of phenolic OH excluding ortho intramolecular Hbond substituents is 1. The van der Waals surface area contributed by atoms with Crippen molar-refractivity contribution < 1.29 is 9.84 Å². The van der Waals surface area contributed by atoms with Crippen LogP contribution in [0, 0.1) is 13.8 Å². The molecule has 0 atom stereocenters. The summed E-state index contributed by atoms with van der Waals surface area (Å²) in [5.74, 6) is 1.35. The summed E-state index contributed by atoms with van der Waals surface area (Å²) in [6, 6.07) is 15.3. The van der Waals surface area contributed by atoms with Gasteiger partial charge >= 0.3 is 0 Å². The highest BCUT2D eigenvalue weighted by Crippen LogP contribution is 2.15. The molecular formula is C19H27Br3O2. The number of rotatable bonds is 4. The molecule has 2 aromatic carbocycles. The van der Waals surface area contributed by atoms with E-state index in [2.05, 4.69) is 47.8 Å². The minimum absolute atomic E-state index is 0. The van der Waals surface area contributed by atoms with Crippen LogP contribution in [0.15, 0.2) is 48.5 Å². The van der Waals surface area contributed by atoms with Crippen molar-refractivity contribution in [2.24, 2.45) is 0 Å². The van der Waals surface area contributed by atoms with Gasteiger partial charge in [-0.1, -0.05) is 91.6 Å². The second-order valence-electron chi connectivity index (χ2n) is 4.47. The van der Waals surface area contributed by atoms with Crippen LogP contribution in [0.4, 0.5) is 0 Å². The molecule has 136 valence electrons. The van der Waals surface area contributed by atoms with E-state index in [1.807, 2.05) is 56.3 Å². The standard InChI is InChI=1S/C9H11BrO.C7H8O.C2H4Br2.CH4/c1-8-4-2-3-5-9(8)11-7-6-10;1-6-4-2-3-5-7(6)8;3-1-2-4;/h2-5H,6-7H2,1H3;2-5,8H,1H3;1-2H2;1H4. The highest BCUT2D eigenvalue weighted by atomic mass is 79.9. The molecule has 5 heteroatoms. The first-order chi connectivity index (χ1) is 11.1. The number of phenols is 1. The monoisotopic (exact) mass is 524 g/mol. The smallest absolute Gasteiger partial charge is 0.122 e. The highest BCUT2D eigenvalue weighted by Gasteiger charge is 1.94. The van der Waals surface area contributed by atoms with Gasteiger partial charge < -0.3 is 9.84 Å². The van der Waals surface area contributed by atoms with E-state index in [1.165, 1.54) is 5.56 Å². The fraction of sp³-hybridized carbons (Fsp3) is 0.368. The van der Waals surface area contributed by atoms with Crippen molar-refractivity contribution in [3.63, 3.8) is 0 Å². The molecule has 0 saturated heterocycles. The van der Waals surface area contributed by atoms with E-state index in [9.17, 15) is 0 Å². The van der Waals surface area contributed by atoms with E-state index in [-0.39, 0.29) is 7.43 Å². The van der Waals surface area contributed by atoms with E-state index >= 15 is 0 Å². The maximum Gasteiger partial charge on any atom is 0.122 e. The Hall–Kier alpha value is -0.520. The average molecular weight is 527 g/mol. The molecule has 0 unspecified atom stereocenters. The van der Waals surface area contributed by atoms with Crippen molar-refractivity contribution in [1.29, 1.82) is 0 Å². The molecule has 0 spiro atoms. The SMILES string of the molecule is BrCCBr.C.Cc1ccccc1O.Cc1ccccc1OCCBr. The summed E-state index contributed by atoms with van der Waals surface area (Å²) in [6.07, 6.45) is 0. The molecular weight excluding hydrogens is 500 g/mol. The maximum absolute atomic E-state index is 8.92. The van der Waals surface area contributed by atoms with Crippen molar-refractivity contribution in [2.75, 3.05) is 22.6 Å². The average Bonchev–Trinajstić information content (AvgIpc) is 2.58. The molecule has 24 heavy (non-hydrogen) atoms. The quantitative estimate of drug-likeness (QED) is 0.440. The minimum atomic E-state index is 0. The van der Waals surface area contributed by atoms with Crippen LogP contribution in [-0.4, -0.2) is 27.7 Å². The van der Waals surface area contributed by atoms with Crippen LogP contribution < -0.4 is 4.74 Å². The van der Waals surface area contributed by atoms with E-state index < -0.39 is 0 Å². The first kappa shape index (κ1) is 25.7. The zero-order chi connectivity index (χ0) is 17.5. The molecule has 0 heterocycles. The largest absolute Gasteiger partial charge is 0.508 e. The molecule has 2 aromatic rings. The number of ether oxygens (including phenoxy) is 1. The minimum Gasteiger partial charge on any atom is -0.508 e. The van der Waals surface area contributed by atoms with Gasteiger partial charge in [0.25, 0.3) is 0 Å². The van der Waals surface area contributed by atoms with Crippen molar-refractivity contribution in [3.8, 4) is 11.5 Å². The summed E-state index contributed by atoms with van der Waals surface area (Å²) >= 11 is 9.71. The predicted molar refractivity (Wildman–Crippen MR) is 118 cm³/mol. The molecule has 0 radical (unpaired) electrons. The number of para-hydroxylation sites is 2. The summed E-state index contributed by atoms with van der Waals surface area (Å²) < 4.78 is 5.44. The summed E-state index contributed by atoms with van der Waals surface area (Å²) in [6.45, 7) is 4.64. The second kappa shape index (κ2) is 17.3. The normalized spacial score (nSPS) is 8.71. The van der Waals surface area contributed by atoms with Gasteiger partial charge in [0.2, 0.25) is 0 Å². The maximum atomic E-state index is 8.92. The zero-order valence-corrected chi connectivity index (χ0v) is 18.2. The van der Waals surface area contributed by atoms with Crippen LogP contribution >= 0.6 is 47.8 Å². The van der Waals surface area contributed by atoms with E-state index in [0.717, 1.165) is 33.9 Å². The number of halogens is 3. The molecule has 2 rings (SSSR count). The summed E-state index contributed by atoms with van der Waals surface area (Å²) in [4.78, 5) is 0. The molecule has 0 saturated carbocycles. The van der Waals surface area contributed by atoms with Gasteiger partial charge in [-0.3, -0.25) is 0 Å². The van der Waals surface area contributed by atoms with Gasteiger partial charge in [-0.2, -0.15) is 0 Å². The third-order valence-electron chi connectivity index (χ3n) is 2.62. The number of hydrogen-bond donors (Lipinski definition) is 1. The van der Waals surface area contributed by atoms with Gasteiger partial charge in [-0.05, 0) is 37.1 Å². The van der Waals surface area contributed by atoms with E-state index in [0.29, 0.717) is 5.75 Å². The Morgan fingerprint density at radius 3 is 1.67 bits per heavy atom. The first-order valence-electron chi connectivity index (χ1n) is 7.17. The Morgan fingerprint density at radius 2 is 1.29 bits per heavy atom. The van der Waals surface area contributed by atoms with Gasteiger partial charge in [0.15, 0.2) is 0 Å². The lowest BCUT2D eigenvalue weighted by Gasteiger charge is -2.05. The zero-order valence-electron chi connectivity index (χ0n) is 13.4. The summed E-state index contributed by atoms with van der Waals surface area (Å²) in [5.41, 5.74) is 2.11. The second-order valence-corrected chi connectivity index (χ2v) is 6.85. The number of benzene rings is 2. The van der Waals surface area contributed by atoms with E-state index in [1.54, 1.807) is 6.07 Å². The highest BCUT2D eigenvalue weighted by molar-refractivity contribution is 9.12. The number of aryl methyl sites for hydroxylation is 2. The molecule has 0 amide bonds. The number of hydrogen-bond acceptors (Lipinski definition) is 2. The van der Waals surface area contributed by atoms with Crippen molar-refractivity contribution in [2.45, 2.75) is 21.3 Å². The molecule has 0 aliphatic carbocycles. The van der Waals surface area contributed by atoms with Gasteiger partial charge in [-0.15, -0.1) is 0 Å². The lowest BCUT2D eigenvalue weighted by Crippen LogP contribution is -1.98. The molecule has 0 fully saturated rings. The third-order valence-corrected chi connectivity index (χ3v) is 4.80. The lowest BCUT2D eigenvalue weighted by atomic mass is 10.2. The first-order valence-corrected chi connectivity index (χ1v) is 10.5. The number of aromatic hydroxyl groups is 1. The van der Waals surface area contributed by atoms with Gasteiger partial charge in [0.1, 0.15) is 11.5 Å². The Bertz CT molecular complexity index is 511. The van der Waals surface area contributed by atoms with Crippen LogP contribution in [-0.2, 0) is 0 Å². The molecule has 0 bridgehead atoms. The molecule has 1 N–H and O–H groups in total. The van der Waals surface area contributed by atoms with E-state index in [4.69, 9.17) is 9.84 Å². The third kappa shape index (κ3) is 12.8. The Balaban J connectivity index is 0. The Morgan fingerprint density at radius 1 is 0.792 bits per heavy atom. The van der Waals surface area contributed by atoms with Crippen LogP contribution in [0.3, 0.4) is 0 Å². The molecule has 0 aliphatic heterocycles. The van der Waals surface area contributed by atoms with Crippen LogP contribution in [0.5, 0.6) is 11.5 Å². The molecule has 2 nitrogen and oxygen atoms in total. The molecule has 0 aromatic heterocycles. The van der Waals surface area contributed by atoms with Crippen LogP contribution in [0.2, 0.25) is 0 Å². The topological polar surface area (TPSA) is 29.5 Å². The number of alkyl halides is 3.